The van der Waals surface area contributed by atoms with Crippen molar-refractivity contribution in [2.75, 3.05) is 11.1 Å². The molecule has 6 heteroatoms. The van der Waals surface area contributed by atoms with Crippen LogP contribution in [0.4, 0.5) is 5.69 Å². The molecular formula is C18H24N4OS. The third kappa shape index (κ3) is 4.71. The second-order valence-electron chi connectivity index (χ2n) is 5.62. The number of carbonyl (C=O) groups is 1. The summed E-state index contributed by atoms with van der Waals surface area (Å²) in [6.45, 7) is 10.6. The van der Waals surface area contributed by atoms with E-state index in [9.17, 15) is 4.79 Å². The lowest BCUT2D eigenvalue weighted by Crippen LogP contribution is -2.13. The van der Waals surface area contributed by atoms with Crippen molar-refractivity contribution in [3.63, 3.8) is 0 Å². The Balaban J connectivity index is 1.88. The summed E-state index contributed by atoms with van der Waals surface area (Å²) in [7, 11) is 0. The fourth-order valence-electron chi connectivity index (χ4n) is 2.40. The van der Waals surface area contributed by atoms with E-state index in [0.29, 0.717) is 18.7 Å². The van der Waals surface area contributed by atoms with Crippen LogP contribution in [0.25, 0.3) is 0 Å². The summed E-state index contributed by atoms with van der Waals surface area (Å²) in [6, 6.07) is 6.01. The minimum atomic E-state index is 0.0138. The maximum absolute atomic E-state index is 12.1. The number of nitrogens with one attached hydrogen (secondary N) is 1. The van der Waals surface area contributed by atoms with Crippen LogP contribution < -0.4 is 5.32 Å². The van der Waals surface area contributed by atoms with Gasteiger partial charge in [-0.1, -0.05) is 42.5 Å². The number of benzene rings is 1. The van der Waals surface area contributed by atoms with Gasteiger partial charge in [-0.05, 0) is 25.5 Å². The molecule has 0 aliphatic rings. The van der Waals surface area contributed by atoms with E-state index < -0.39 is 0 Å². The van der Waals surface area contributed by atoms with Gasteiger partial charge in [0.25, 0.3) is 0 Å². The number of amides is 1. The summed E-state index contributed by atoms with van der Waals surface area (Å²) in [5.41, 5.74) is 3.14. The van der Waals surface area contributed by atoms with Gasteiger partial charge in [0, 0.05) is 30.8 Å². The molecule has 1 amide bonds. The number of allylic oxidation sites excluding steroid dienone is 1. The largest absolute Gasteiger partial charge is 0.326 e. The Hall–Kier alpha value is -2.08. The Kier molecular flexibility index (Phi) is 6.61. The number of anilines is 1. The first-order chi connectivity index (χ1) is 11.5. The lowest BCUT2D eigenvalue weighted by Gasteiger charge is -2.09. The van der Waals surface area contributed by atoms with Crippen LogP contribution in [-0.4, -0.2) is 26.4 Å². The fraction of sp³-hybridized carbons (Fsp3) is 0.389. The van der Waals surface area contributed by atoms with Crippen molar-refractivity contribution in [3.05, 3.63) is 47.8 Å². The van der Waals surface area contributed by atoms with Crippen LogP contribution in [0.1, 0.15) is 30.3 Å². The van der Waals surface area contributed by atoms with Crippen LogP contribution in [0.5, 0.6) is 0 Å². The lowest BCUT2D eigenvalue weighted by molar-refractivity contribution is -0.115. The van der Waals surface area contributed by atoms with E-state index in [0.717, 1.165) is 28.7 Å². The second kappa shape index (κ2) is 8.68. The molecule has 0 aliphatic carbocycles. The minimum absolute atomic E-state index is 0.0138. The summed E-state index contributed by atoms with van der Waals surface area (Å²) in [5.74, 6) is 1.62. The fourth-order valence-corrected chi connectivity index (χ4v) is 3.31. The minimum Gasteiger partial charge on any atom is -0.326 e. The van der Waals surface area contributed by atoms with Crippen molar-refractivity contribution in [1.82, 2.24) is 14.8 Å². The van der Waals surface area contributed by atoms with Gasteiger partial charge in [0.1, 0.15) is 5.82 Å². The molecule has 2 aromatic rings. The van der Waals surface area contributed by atoms with Gasteiger partial charge in [0.15, 0.2) is 5.16 Å². The topological polar surface area (TPSA) is 59.8 Å². The first-order valence-electron chi connectivity index (χ1n) is 8.08. The summed E-state index contributed by atoms with van der Waals surface area (Å²) >= 11 is 1.55. The highest BCUT2D eigenvalue weighted by Gasteiger charge is 2.11. The molecule has 1 N–H and O–H groups in total. The van der Waals surface area contributed by atoms with Crippen LogP contribution in [0.15, 0.2) is 36.0 Å². The SMILES string of the molecule is C=CCn1c(CC)nnc1SCCC(=O)Nc1ccc(C)cc1C. The smallest absolute Gasteiger partial charge is 0.225 e. The Bertz CT molecular complexity index is 724. The zero-order chi connectivity index (χ0) is 17.5. The maximum Gasteiger partial charge on any atom is 0.225 e. The second-order valence-corrected chi connectivity index (χ2v) is 6.68. The number of carbonyl (C=O) groups excluding carboxylic acids is 1. The van der Waals surface area contributed by atoms with Crippen LogP contribution in [0, 0.1) is 13.8 Å². The Labute approximate surface area is 147 Å². The van der Waals surface area contributed by atoms with Crippen LogP contribution >= 0.6 is 11.8 Å². The number of thioether (sulfide) groups is 1. The van der Waals surface area contributed by atoms with Gasteiger partial charge in [0.2, 0.25) is 5.91 Å². The molecule has 5 nitrogen and oxygen atoms in total. The van der Waals surface area contributed by atoms with E-state index in [1.165, 1.54) is 5.56 Å². The first-order valence-corrected chi connectivity index (χ1v) is 9.06. The standard InChI is InChI=1S/C18H24N4OS/c1-5-10-22-16(6-2)20-21-18(22)24-11-9-17(23)19-15-8-7-13(3)12-14(15)4/h5,7-8,12H,1,6,9-11H2,2-4H3,(H,19,23). The number of hydrogen-bond donors (Lipinski definition) is 1. The molecule has 24 heavy (non-hydrogen) atoms. The molecule has 0 radical (unpaired) electrons. The summed E-state index contributed by atoms with van der Waals surface area (Å²) in [4.78, 5) is 12.1. The third-order valence-electron chi connectivity index (χ3n) is 3.64. The van der Waals surface area contributed by atoms with Gasteiger partial charge >= 0.3 is 0 Å². The predicted molar refractivity (Wildman–Crippen MR) is 99.5 cm³/mol. The van der Waals surface area contributed by atoms with Crippen molar-refractivity contribution in [1.29, 1.82) is 0 Å². The molecule has 1 aromatic carbocycles. The molecule has 0 unspecified atom stereocenters. The molecule has 0 spiro atoms. The van der Waals surface area contributed by atoms with Gasteiger partial charge in [-0.15, -0.1) is 16.8 Å². The third-order valence-corrected chi connectivity index (χ3v) is 4.61. The van der Waals surface area contributed by atoms with Gasteiger partial charge in [-0.25, -0.2) is 0 Å². The summed E-state index contributed by atoms with van der Waals surface area (Å²) in [6.07, 6.45) is 3.09. The number of nitrogens with zero attached hydrogens (tertiary/aromatic N) is 3. The van der Waals surface area contributed by atoms with Gasteiger partial charge in [0.05, 0.1) is 0 Å². The molecule has 0 fully saturated rings. The average Bonchev–Trinajstić information content (AvgIpc) is 2.93. The number of aryl methyl sites for hydroxylation is 3. The Morgan fingerprint density at radius 2 is 2.17 bits per heavy atom. The normalized spacial score (nSPS) is 10.6. The Morgan fingerprint density at radius 3 is 2.83 bits per heavy atom. The van der Waals surface area contributed by atoms with Crippen LogP contribution in [-0.2, 0) is 17.8 Å². The quantitative estimate of drug-likeness (QED) is 0.585. The molecular weight excluding hydrogens is 320 g/mol. The number of aromatic nitrogens is 3. The zero-order valence-electron chi connectivity index (χ0n) is 14.5. The number of rotatable bonds is 8. The van der Waals surface area contributed by atoms with Gasteiger partial charge in [-0.2, -0.15) is 0 Å². The van der Waals surface area contributed by atoms with Crippen LogP contribution in [0.3, 0.4) is 0 Å². The van der Waals surface area contributed by atoms with Crippen LogP contribution in [0.2, 0.25) is 0 Å². The monoisotopic (exact) mass is 344 g/mol. The highest BCUT2D eigenvalue weighted by Crippen LogP contribution is 2.20. The molecule has 0 bridgehead atoms. The molecule has 0 saturated heterocycles. The van der Waals surface area contributed by atoms with Crippen molar-refractivity contribution >= 4 is 23.4 Å². The Morgan fingerprint density at radius 1 is 1.38 bits per heavy atom. The summed E-state index contributed by atoms with van der Waals surface area (Å²) < 4.78 is 2.04. The van der Waals surface area contributed by atoms with Crippen molar-refractivity contribution in [2.45, 2.75) is 45.3 Å². The number of hydrogen-bond acceptors (Lipinski definition) is 4. The van der Waals surface area contributed by atoms with E-state index >= 15 is 0 Å². The summed E-state index contributed by atoms with van der Waals surface area (Å²) in [5, 5.41) is 12.2. The molecule has 2 rings (SSSR count). The predicted octanol–water partition coefficient (Wildman–Crippen LogP) is 3.76. The highest BCUT2D eigenvalue weighted by atomic mass is 32.2. The van der Waals surface area contributed by atoms with Gasteiger partial charge < -0.3 is 9.88 Å². The lowest BCUT2D eigenvalue weighted by atomic mass is 10.1. The van der Waals surface area contributed by atoms with Gasteiger partial charge in [-0.3, -0.25) is 4.79 Å². The maximum atomic E-state index is 12.1. The molecule has 0 atom stereocenters. The molecule has 1 aromatic heterocycles. The zero-order valence-corrected chi connectivity index (χ0v) is 15.3. The van der Waals surface area contributed by atoms with E-state index in [1.54, 1.807) is 11.8 Å². The van der Waals surface area contributed by atoms with E-state index in [4.69, 9.17) is 0 Å². The highest BCUT2D eigenvalue weighted by molar-refractivity contribution is 7.99. The van der Waals surface area contributed by atoms with Crippen molar-refractivity contribution in [3.8, 4) is 0 Å². The molecule has 0 saturated carbocycles. The van der Waals surface area contributed by atoms with E-state index in [1.807, 2.05) is 36.6 Å². The van der Waals surface area contributed by atoms with E-state index in [-0.39, 0.29) is 5.91 Å². The first kappa shape index (κ1) is 18.3. The molecule has 1 heterocycles. The van der Waals surface area contributed by atoms with Crippen molar-refractivity contribution in [2.24, 2.45) is 0 Å². The average molecular weight is 344 g/mol. The molecule has 0 aliphatic heterocycles. The van der Waals surface area contributed by atoms with E-state index in [2.05, 4.69) is 35.1 Å². The van der Waals surface area contributed by atoms with Crippen molar-refractivity contribution < 1.29 is 4.79 Å². The molecule has 128 valence electrons.